The molecule has 1 heterocycles. The highest BCUT2D eigenvalue weighted by molar-refractivity contribution is 5.79. The molecule has 0 fully saturated rings. The number of hydrogen-bond donors (Lipinski definition) is 0. The quantitative estimate of drug-likeness (QED) is 0.614. The van der Waals surface area contributed by atoms with Crippen LogP contribution >= 0.6 is 0 Å². The van der Waals surface area contributed by atoms with Gasteiger partial charge in [0, 0.05) is 11.1 Å². The standard InChI is InChI=1S/C16H12O/c1-3-7-13(8-4-1)15-11-12-17-16(15)14-9-5-2-6-10-14/h1-12H. The first-order valence-corrected chi connectivity index (χ1v) is 5.63. The lowest BCUT2D eigenvalue weighted by molar-refractivity contribution is 0.583. The van der Waals surface area contributed by atoms with E-state index in [1.807, 2.05) is 42.5 Å². The minimum absolute atomic E-state index is 0.928. The molecule has 0 aliphatic rings. The van der Waals surface area contributed by atoms with Crippen LogP contribution in [-0.2, 0) is 0 Å². The Hall–Kier alpha value is -2.28. The molecule has 0 bridgehead atoms. The van der Waals surface area contributed by atoms with E-state index in [1.54, 1.807) is 6.26 Å². The molecule has 1 heteroatoms. The average molecular weight is 220 g/mol. The van der Waals surface area contributed by atoms with Crippen molar-refractivity contribution in [1.82, 2.24) is 0 Å². The van der Waals surface area contributed by atoms with Crippen molar-refractivity contribution in [3.8, 4) is 22.5 Å². The van der Waals surface area contributed by atoms with E-state index in [9.17, 15) is 0 Å². The molecule has 1 aromatic heterocycles. The van der Waals surface area contributed by atoms with Gasteiger partial charge in [0.05, 0.1) is 6.26 Å². The summed E-state index contributed by atoms with van der Waals surface area (Å²) in [5.41, 5.74) is 3.42. The Labute approximate surface area is 100 Å². The number of hydrogen-bond acceptors (Lipinski definition) is 1. The lowest BCUT2D eigenvalue weighted by atomic mass is 10.0. The van der Waals surface area contributed by atoms with Gasteiger partial charge < -0.3 is 4.42 Å². The van der Waals surface area contributed by atoms with Gasteiger partial charge in [0.1, 0.15) is 5.76 Å². The van der Waals surface area contributed by atoms with E-state index < -0.39 is 0 Å². The first-order valence-electron chi connectivity index (χ1n) is 5.63. The number of benzene rings is 2. The van der Waals surface area contributed by atoms with Crippen LogP contribution in [0.5, 0.6) is 0 Å². The molecule has 17 heavy (non-hydrogen) atoms. The largest absolute Gasteiger partial charge is 0.464 e. The van der Waals surface area contributed by atoms with Crippen molar-refractivity contribution in [3.05, 3.63) is 73.0 Å². The fourth-order valence-electron chi connectivity index (χ4n) is 1.97. The van der Waals surface area contributed by atoms with Crippen LogP contribution in [0.3, 0.4) is 0 Å². The molecule has 0 amide bonds. The zero-order valence-electron chi connectivity index (χ0n) is 9.34. The Morgan fingerprint density at radius 3 is 1.82 bits per heavy atom. The van der Waals surface area contributed by atoms with Gasteiger partial charge in [0.25, 0.3) is 0 Å². The Kier molecular flexibility index (Phi) is 2.51. The van der Waals surface area contributed by atoms with Crippen molar-refractivity contribution in [3.63, 3.8) is 0 Å². The van der Waals surface area contributed by atoms with Crippen molar-refractivity contribution in [2.24, 2.45) is 0 Å². The maximum atomic E-state index is 5.61. The number of rotatable bonds is 2. The second-order valence-electron chi connectivity index (χ2n) is 3.90. The SMILES string of the molecule is c1ccc(-c2ccoc2-c2ccccc2)cc1. The summed E-state index contributed by atoms with van der Waals surface area (Å²) in [5.74, 6) is 0.928. The summed E-state index contributed by atoms with van der Waals surface area (Å²) in [4.78, 5) is 0. The van der Waals surface area contributed by atoms with Gasteiger partial charge in [-0.05, 0) is 11.6 Å². The number of furan rings is 1. The molecule has 0 spiro atoms. The Balaban J connectivity index is 2.13. The van der Waals surface area contributed by atoms with Crippen LogP contribution in [0.2, 0.25) is 0 Å². The summed E-state index contributed by atoms with van der Waals surface area (Å²) in [6.45, 7) is 0. The molecule has 0 saturated heterocycles. The van der Waals surface area contributed by atoms with Crippen molar-refractivity contribution in [1.29, 1.82) is 0 Å². The van der Waals surface area contributed by atoms with Gasteiger partial charge in [-0.25, -0.2) is 0 Å². The molecule has 1 nitrogen and oxygen atoms in total. The highest BCUT2D eigenvalue weighted by Crippen LogP contribution is 2.32. The van der Waals surface area contributed by atoms with Crippen LogP contribution in [0.15, 0.2) is 77.4 Å². The van der Waals surface area contributed by atoms with E-state index in [1.165, 1.54) is 5.56 Å². The highest BCUT2D eigenvalue weighted by atomic mass is 16.3. The van der Waals surface area contributed by atoms with Crippen LogP contribution in [0, 0.1) is 0 Å². The van der Waals surface area contributed by atoms with Gasteiger partial charge in [-0.2, -0.15) is 0 Å². The molecular weight excluding hydrogens is 208 g/mol. The average Bonchev–Trinajstić information content (AvgIpc) is 2.90. The lowest BCUT2D eigenvalue weighted by Crippen LogP contribution is -1.78. The highest BCUT2D eigenvalue weighted by Gasteiger charge is 2.09. The zero-order valence-corrected chi connectivity index (χ0v) is 9.34. The maximum Gasteiger partial charge on any atom is 0.141 e. The second kappa shape index (κ2) is 4.30. The van der Waals surface area contributed by atoms with Crippen LogP contribution < -0.4 is 0 Å². The minimum Gasteiger partial charge on any atom is -0.464 e. The van der Waals surface area contributed by atoms with E-state index in [0.717, 1.165) is 16.9 Å². The molecule has 82 valence electrons. The first kappa shape index (κ1) is 9.91. The monoisotopic (exact) mass is 220 g/mol. The van der Waals surface area contributed by atoms with Crippen LogP contribution in [-0.4, -0.2) is 0 Å². The van der Waals surface area contributed by atoms with Crippen LogP contribution in [0.25, 0.3) is 22.5 Å². The third-order valence-electron chi connectivity index (χ3n) is 2.79. The predicted octanol–water partition coefficient (Wildman–Crippen LogP) is 4.61. The van der Waals surface area contributed by atoms with Crippen molar-refractivity contribution in [2.75, 3.05) is 0 Å². The molecule has 0 aliphatic carbocycles. The van der Waals surface area contributed by atoms with Gasteiger partial charge in [-0.15, -0.1) is 0 Å². The first-order chi connectivity index (χ1) is 8.45. The van der Waals surface area contributed by atoms with Crippen LogP contribution in [0.1, 0.15) is 0 Å². The summed E-state index contributed by atoms with van der Waals surface area (Å²) in [6.07, 6.45) is 1.74. The lowest BCUT2D eigenvalue weighted by Gasteiger charge is -2.02. The third kappa shape index (κ3) is 1.87. The summed E-state index contributed by atoms with van der Waals surface area (Å²) in [5, 5.41) is 0. The molecule has 2 aromatic carbocycles. The molecule has 3 rings (SSSR count). The molecule has 3 aromatic rings. The molecule has 0 saturated carbocycles. The molecule has 0 atom stereocenters. The Bertz CT molecular complexity index is 540. The summed E-state index contributed by atoms with van der Waals surface area (Å²) < 4.78 is 5.61. The van der Waals surface area contributed by atoms with E-state index in [4.69, 9.17) is 4.42 Å². The second-order valence-corrected chi connectivity index (χ2v) is 3.90. The molecular formula is C16H12O. The zero-order chi connectivity index (χ0) is 11.5. The topological polar surface area (TPSA) is 13.1 Å². The van der Waals surface area contributed by atoms with Gasteiger partial charge >= 0.3 is 0 Å². The van der Waals surface area contributed by atoms with E-state index in [2.05, 4.69) is 24.3 Å². The van der Waals surface area contributed by atoms with Gasteiger partial charge in [-0.3, -0.25) is 0 Å². The van der Waals surface area contributed by atoms with E-state index in [-0.39, 0.29) is 0 Å². The maximum absolute atomic E-state index is 5.61. The summed E-state index contributed by atoms with van der Waals surface area (Å²) in [6, 6.07) is 22.5. The fraction of sp³-hybridized carbons (Fsp3) is 0. The predicted molar refractivity (Wildman–Crippen MR) is 69.6 cm³/mol. The van der Waals surface area contributed by atoms with Gasteiger partial charge in [-0.1, -0.05) is 60.7 Å². The molecule has 0 unspecified atom stereocenters. The summed E-state index contributed by atoms with van der Waals surface area (Å²) >= 11 is 0. The molecule has 0 aliphatic heterocycles. The van der Waals surface area contributed by atoms with Gasteiger partial charge in [0.15, 0.2) is 0 Å². The third-order valence-corrected chi connectivity index (χ3v) is 2.79. The van der Waals surface area contributed by atoms with Crippen molar-refractivity contribution >= 4 is 0 Å². The summed E-state index contributed by atoms with van der Waals surface area (Å²) in [7, 11) is 0. The molecule has 0 radical (unpaired) electrons. The normalized spacial score (nSPS) is 10.4. The van der Waals surface area contributed by atoms with E-state index >= 15 is 0 Å². The molecule has 0 N–H and O–H groups in total. The van der Waals surface area contributed by atoms with Crippen molar-refractivity contribution in [2.45, 2.75) is 0 Å². The van der Waals surface area contributed by atoms with Gasteiger partial charge in [0.2, 0.25) is 0 Å². The Morgan fingerprint density at radius 2 is 1.18 bits per heavy atom. The van der Waals surface area contributed by atoms with Crippen molar-refractivity contribution < 1.29 is 4.42 Å². The smallest absolute Gasteiger partial charge is 0.141 e. The fourth-order valence-corrected chi connectivity index (χ4v) is 1.97. The Morgan fingerprint density at radius 1 is 0.588 bits per heavy atom. The van der Waals surface area contributed by atoms with E-state index in [0.29, 0.717) is 0 Å². The minimum atomic E-state index is 0.928. The van der Waals surface area contributed by atoms with Crippen LogP contribution in [0.4, 0.5) is 0 Å².